The Kier molecular flexibility index (Phi) is 5.33. The van der Waals surface area contributed by atoms with Crippen LogP contribution in [0.2, 0.25) is 6.04 Å². The molecule has 2 radical (unpaired) electrons. The SMILES string of the molecule is CCO[Si]CC. The summed E-state index contributed by atoms with van der Waals surface area (Å²) >= 11 is 0. The van der Waals surface area contributed by atoms with Gasteiger partial charge in [-0.1, -0.05) is 6.92 Å². The lowest BCUT2D eigenvalue weighted by Gasteiger charge is -1.89. The first-order valence-electron chi connectivity index (χ1n) is 2.26. The molecule has 0 spiro atoms. The first-order chi connectivity index (χ1) is 2.91. The van der Waals surface area contributed by atoms with Crippen LogP contribution in [0.25, 0.3) is 0 Å². The van der Waals surface area contributed by atoms with Crippen molar-refractivity contribution in [1.29, 1.82) is 0 Å². The molecule has 0 rings (SSSR count). The fourth-order valence-electron chi connectivity index (χ4n) is 0.204. The van der Waals surface area contributed by atoms with Crippen molar-refractivity contribution < 1.29 is 4.43 Å². The van der Waals surface area contributed by atoms with E-state index in [1.54, 1.807) is 0 Å². The third-order valence-electron chi connectivity index (χ3n) is 0.391. The monoisotopic (exact) mass is 102 g/mol. The minimum atomic E-state index is 0.715. The second kappa shape index (κ2) is 5.18. The van der Waals surface area contributed by atoms with Crippen molar-refractivity contribution in [3.63, 3.8) is 0 Å². The lowest BCUT2D eigenvalue weighted by molar-refractivity contribution is 0.361. The van der Waals surface area contributed by atoms with Crippen LogP contribution < -0.4 is 0 Å². The summed E-state index contributed by atoms with van der Waals surface area (Å²) in [6, 6.07) is 1.16. The Balaban J connectivity index is 2.34. The highest BCUT2D eigenvalue weighted by Gasteiger charge is 1.77. The predicted molar refractivity (Wildman–Crippen MR) is 27.9 cm³/mol. The summed E-state index contributed by atoms with van der Waals surface area (Å²) < 4.78 is 5.01. The normalized spacial score (nSPS) is 9.00. The molecule has 0 unspecified atom stereocenters. The summed E-state index contributed by atoms with van der Waals surface area (Å²) in [5.41, 5.74) is 0. The zero-order valence-corrected chi connectivity index (χ0v) is 5.32. The summed E-state index contributed by atoms with van der Waals surface area (Å²) in [5, 5.41) is 0. The maximum absolute atomic E-state index is 5.01. The van der Waals surface area contributed by atoms with Gasteiger partial charge in [0.1, 0.15) is 0 Å². The van der Waals surface area contributed by atoms with Gasteiger partial charge < -0.3 is 4.43 Å². The standard InChI is InChI=1S/C4H10OSi/c1-3-5-6-4-2/h3-4H2,1-2H3. The molecular formula is C4H10OSi. The van der Waals surface area contributed by atoms with Gasteiger partial charge in [-0.15, -0.1) is 0 Å². The second-order valence-electron chi connectivity index (χ2n) is 0.931. The van der Waals surface area contributed by atoms with Gasteiger partial charge in [-0.3, -0.25) is 0 Å². The summed E-state index contributed by atoms with van der Waals surface area (Å²) in [5.74, 6) is 0. The molecule has 0 aliphatic rings. The van der Waals surface area contributed by atoms with E-state index in [2.05, 4.69) is 6.92 Å². The fourth-order valence-corrected chi connectivity index (χ4v) is 0.612. The highest BCUT2D eigenvalue weighted by molar-refractivity contribution is 6.26. The smallest absolute Gasteiger partial charge is 0.229 e. The van der Waals surface area contributed by atoms with Gasteiger partial charge in [-0.05, 0) is 13.0 Å². The number of rotatable bonds is 3. The van der Waals surface area contributed by atoms with Crippen molar-refractivity contribution in [2.24, 2.45) is 0 Å². The zero-order valence-electron chi connectivity index (χ0n) is 4.32. The molecule has 0 atom stereocenters. The van der Waals surface area contributed by atoms with Gasteiger partial charge >= 0.3 is 0 Å². The van der Waals surface area contributed by atoms with E-state index in [0.717, 1.165) is 12.7 Å². The van der Waals surface area contributed by atoms with Crippen LogP contribution in [-0.4, -0.2) is 16.4 Å². The van der Waals surface area contributed by atoms with Gasteiger partial charge in [0.05, 0.1) is 0 Å². The highest BCUT2D eigenvalue weighted by Crippen LogP contribution is 1.73. The molecule has 0 aliphatic carbocycles. The molecule has 0 aromatic heterocycles. The largest absolute Gasteiger partial charge is 0.418 e. The summed E-state index contributed by atoms with van der Waals surface area (Å²) in [6.45, 7) is 5.00. The van der Waals surface area contributed by atoms with E-state index in [4.69, 9.17) is 4.43 Å². The first-order valence-corrected chi connectivity index (χ1v) is 3.38. The van der Waals surface area contributed by atoms with Gasteiger partial charge in [0.15, 0.2) is 0 Å². The van der Waals surface area contributed by atoms with Crippen molar-refractivity contribution in [2.75, 3.05) is 6.61 Å². The second-order valence-corrected chi connectivity index (χ2v) is 2.22. The van der Waals surface area contributed by atoms with Crippen LogP contribution in [0.1, 0.15) is 13.8 Å². The van der Waals surface area contributed by atoms with E-state index in [-0.39, 0.29) is 0 Å². The Labute approximate surface area is 41.6 Å². The van der Waals surface area contributed by atoms with Crippen LogP contribution >= 0.6 is 0 Å². The Morgan fingerprint density at radius 3 is 2.33 bits per heavy atom. The van der Waals surface area contributed by atoms with Crippen molar-refractivity contribution in [2.45, 2.75) is 19.9 Å². The van der Waals surface area contributed by atoms with E-state index in [1.165, 1.54) is 0 Å². The van der Waals surface area contributed by atoms with Crippen molar-refractivity contribution >= 4 is 9.76 Å². The minimum Gasteiger partial charge on any atom is -0.418 e. The fraction of sp³-hybridized carbons (Fsp3) is 1.00. The Bertz CT molecular complexity index is 19.5. The van der Waals surface area contributed by atoms with Gasteiger partial charge in [0, 0.05) is 6.61 Å². The molecule has 0 bridgehead atoms. The van der Waals surface area contributed by atoms with Crippen LogP contribution in [-0.2, 0) is 4.43 Å². The van der Waals surface area contributed by atoms with E-state index in [0.29, 0.717) is 9.76 Å². The molecule has 36 valence electrons. The third kappa shape index (κ3) is 4.18. The van der Waals surface area contributed by atoms with Crippen LogP contribution in [0.5, 0.6) is 0 Å². The van der Waals surface area contributed by atoms with E-state index in [9.17, 15) is 0 Å². The molecule has 0 N–H and O–H groups in total. The molecule has 0 aromatic rings. The molecular weight excluding hydrogens is 92.1 g/mol. The zero-order chi connectivity index (χ0) is 4.83. The maximum Gasteiger partial charge on any atom is 0.229 e. The quantitative estimate of drug-likeness (QED) is 0.383. The lowest BCUT2D eigenvalue weighted by atomic mass is 10.9. The van der Waals surface area contributed by atoms with Crippen molar-refractivity contribution in [3.8, 4) is 0 Å². The van der Waals surface area contributed by atoms with Gasteiger partial charge in [0.2, 0.25) is 9.76 Å². The summed E-state index contributed by atoms with van der Waals surface area (Å²) in [6.07, 6.45) is 0. The average Bonchev–Trinajstić information content (AvgIpc) is 1.61. The van der Waals surface area contributed by atoms with E-state index >= 15 is 0 Å². The molecule has 1 nitrogen and oxygen atoms in total. The molecule has 0 amide bonds. The van der Waals surface area contributed by atoms with Gasteiger partial charge in [0.25, 0.3) is 0 Å². The minimum absolute atomic E-state index is 0.715. The topological polar surface area (TPSA) is 9.23 Å². The summed E-state index contributed by atoms with van der Waals surface area (Å²) in [4.78, 5) is 0. The molecule has 0 aliphatic heterocycles. The first kappa shape index (κ1) is 6.18. The molecule has 0 heterocycles. The average molecular weight is 102 g/mol. The third-order valence-corrected chi connectivity index (χ3v) is 1.17. The van der Waals surface area contributed by atoms with E-state index in [1.807, 2.05) is 6.92 Å². The van der Waals surface area contributed by atoms with Crippen LogP contribution in [0.4, 0.5) is 0 Å². The van der Waals surface area contributed by atoms with Crippen molar-refractivity contribution in [1.82, 2.24) is 0 Å². The Hall–Kier alpha value is 0.177. The van der Waals surface area contributed by atoms with Gasteiger partial charge in [-0.25, -0.2) is 0 Å². The van der Waals surface area contributed by atoms with Crippen LogP contribution in [0, 0.1) is 0 Å². The molecule has 2 heteroatoms. The van der Waals surface area contributed by atoms with E-state index < -0.39 is 0 Å². The van der Waals surface area contributed by atoms with Crippen LogP contribution in [0.3, 0.4) is 0 Å². The van der Waals surface area contributed by atoms with Crippen molar-refractivity contribution in [3.05, 3.63) is 0 Å². The predicted octanol–water partition coefficient (Wildman–Crippen LogP) is 1.08. The molecule has 6 heavy (non-hydrogen) atoms. The van der Waals surface area contributed by atoms with Crippen LogP contribution in [0.15, 0.2) is 0 Å². The molecule has 0 saturated carbocycles. The Morgan fingerprint density at radius 2 is 2.17 bits per heavy atom. The maximum atomic E-state index is 5.01. The lowest BCUT2D eigenvalue weighted by Crippen LogP contribution is -1.93. The molecule has 0 fully saturated rings. The number of hydrogen-bond donors (Lipinski definition) is 0. The number of hydrogen-bond acceptors (Lipinski definition) is 1. The van der Waals surface area contributed by atoms with Gasteiger partial charge in [-0.2, -0.15) is 0 Å². The Morgan fingerprint density at radius 1 is 1.50 bits per heavy atom. The summed E-state index contributed by atoms with van der Waals surface area (Å²) in [7, 11) is 0.715. The molecule has 0 aromatic carbocycles. The highest BCUT2D eigenvalue weighted by atomic mass is 28.2. The molecule has 0 saturated heterocycles.